The summed E-state index contributed by atoms with van der Waals surface area (Å²) in [5, 5.41) is 10.5. The van der Waals surface area contributed by atoms with Gasteiger partial charge in [-0.15, -0.1) is 0 Å². The van der Waals surface area contributed by atoms with Crippen molar-refractivity contribution in [3.8, 4) is 22.5 Å². The third kappa shape index (κ3) is 4.87. The van der Waals surface area contributed by atoms with Crippen LogP contribution in [0.2, 0.25) is 0 Å². The predicted molar refractivity (Wildman–Crippen MR) is 256 cm³/mol. The molecule has 1 aliphatic rings. The first-order valence-corrected chi connectivity index (χ1v) is 23.0. The van der Waals surface area contributed by atoms with Crippen LogP contribution in [0.3, 0.4) is 0 Å². The third-order valence-electron chi connectivity index (χ3n) is 13.4. The van der Waals surface area contributed by atoms with Crippen LogP contribution in [0.4, 0.5) is 0 Å². The number of nitrogens with zero attached hydrogens (tertiary/aromatic N) is 2. The molecule has 11 aromatic rings. The van der Waals surface area contributed by atoms with Crippen molar-refractivity contribution in [3.63, 3.8) is 0 Å². The summed E-state index contributed by atoms with van der Waals surface area (Å²) in [5.74, 6) is 0. The normalized spacial score (nSPS) is 13.3. The molecule has 284 valence electrons. The van der Waals surface area contributed by atoms with Gasteiger partial charge in [0.05, 0.1) is 22.1 Å². The van der Waals surface area contributed by atoms with Crippen LogP contribution in [-0.4, -0.2) is 17.2 Å². The molecule has 0 bridgehead atoms. The van der Waals surface area contributed by atoms with Gasteiger partial charge in [-0.2, -0.15) is 0 Å². The summed E-state index contributed by atoms with van der Waals surface area (Å²) in [6.45, 7) is 4.76. The van der Waals surface area contributed by atoms with Gasteiger partial charge in [-0.25, -0.2) is 0 Å². The summed E-state index contributed by atoms with van der Waals surface area (Å²) in [7, 11) is -2.96. The Morgan fingerprint density at radius 3 is 1.50 bits per heavy atom. The van der Waals surface area contributed by atoms with Crippen LogP contribution >= 0.6 is 0 Å². The lowest BCUT2D eigenvalue weighted by Gasteiger charge is -2.35. The first kappa shape index (κ1) is 34.8. The number of fused-ring (bicyclic) bond motifs is 9. The summed E-state index contributed by atoms with van der Waals surface area (Å²) in [4.78, 5) is 0. The molecule has 0 saturated carbocycles. The average molecular weight is 783 g/mol. The third-order valence-corrected chi connectivity index (χ3v) is 18.2. The van der Waals surface area contributed by atoms with Gasteiger partial charge in [0.15, 0.2) is 8.07 Å². The van der Waals surface area contributed by atoms with Crippen molar-refractivity contribution in [2.24, 2.45) is 0 Å². The summed E-state index contributed by atoms with van der Waals surface area (Å²) < 4.78 is 4.95. The molecule has 2 heterocycles. The summed E-state index contributed by atoms with van der Waals surface area (Å²) in [5.41, 5.74) is 12.6. The minimum Gasteiger partial charge on any atom is -0.309 e. The van der Waals surface area contributed by atoms with Gasteiger partial charge in [0.25, 0.3) is 0 Å². The Morgan fingerprint density at radius 2 is 0.817 bits per heavy atom. The molecule has 3 heteroatoms. The summed E-state index contributed by atoms with van der Waals surface area (Å²) >= 11 is 0. The van der Waals surface area contributed by atoms with Gasteiger partial charge in [-0.05, 0) is 97.6 Å². The van der Waals surface area contributed by atoms with Gasteiger partial charge >= 0.3 is 0 Å². The zero-order valence-electron chi connectivity index (χ0n) is 33.7. The highest BCUT2D eigenvalue weighted by molar-refractivity contribution is 7.20. The van der Waals surface area contributed by atoms with E-state index in [0.29, 0.717) is 0 Å². The molecule has 0 fully saturated rings. The van der Waals surface area contributed by atoms with Crippen LogP contribution in [0.25, 0.3) is 66.1 Å². The van der Waals surface area contributed by atoms with Crippen molar-refractivity contribution in [2.45, 2.75) is 19.3 Å². The second kappa shape index (κ2) is 13.2. The maximum atomic E-state index is 2.53. The Bertz CT molecular complexity index is 3410. The monoisotopic (exact) mass is 782 g/mol. The number of benzene rings is 9. The van der Waals surface area contributed by atoms with E-state index >= 15 is 0 Å². The largest absolute Gasteiger partial charge is 0.309 e. The van der Waals surface area contributed by atoms with Crippen LogP contribution in [0.1, 0.15) is 25.0 Å². The van der Waals surface area contributed by atoms with Gasteiger partial charge in [0.1, 0.15) is 0 Å². The maximum Gasteiger partial charge on any atom is 0.179 e. The van der Waals surface area contributed by atoms with Crippen molar-refractivity contribution >= 4 is 72.4 Å². The lowest BCUT2D eigenvalue weighted by atomic mass is 9.82. The van der Waals surface area contributed by atoms with Crippen molar-refractivity contribution in [3.05, 3.63) is 230 Å². The zero-order chi connectivity index (χ0) is 40.0. The van der Waals surface area contributed by atoms with Crippen LogP contribution < -0.4 is 20.7 Å². The number of rotatable bonds is 6. The van der Waals surface area contributed by atoms with Crippen molar-refractivity contribution < 1.29 is 0 Å². The maximum absolute atomic E-state index is 2.96. The van der Waals surface area contributed by atoms with E-state index in [1.165, 1.54) is 98.0 Å². The van der Waals surface area contributed by atoms with Gasteiger partial charge in [-0.1, -0.05) is 178 Å². The van der Waals surface area contributed by atoms with E-state index in [1.807, 2.05) is 0 Å². The lowest BCUT2D eigenvalue weighted by Crippen LogP contribution is -2.74. The summed E-state index contributed by atoms with van der Waals surface area (Å²) in [6, 6.07) is 82.0. The molecule has 0 atom stereocenters. The van der Waals surface area contributed by atoms with Crippen molar-refractivity contribution in [1.29, 1.82) is 0 Å². The minimum atomic E-state index is -2.96. The van der Waals surface area contributed by atoms with E-state index in [0.717, 1.165) is 0 Å². The minimum absolute atomic E-state index is 0.103. The molecule has 1 aliphatic carbocycles. The predicted octanol–water partition coefficient (Wildman–Crippen LogP) is 11.6. The number of aromatic nitrogens is 2. The first-order valence-electron chi connectivity index (χ1n) is 21.0. The van der Waals surface area contributed by atoms with Crippen LogP contribution in [-0.2, 0) is 5.41 Å². The molecule has 0 spiro atoms. The van der Waals surface area contributed by atoms with Crippen molar-refractivity contribution in [2.75, 3.05) is 0 Å². The van der Waals surface area contributed by atoms with E-state index in [9.17, 15) is 0 Å². The molecular weight excluding hydrogens is 741 g/mol. The topological polar surface area (TPSA) is 9.86 Å². The molecular formula is C57H42N2Si. The fourth-order valence-electron chi connectivity index (χ4n) is 10.8. The standard InChI is InChI=1S/C57H42N2Si/c1-57(2)51-30-15-12-27-45(51)48-37-50-47-29-14-17-32-54(47)59(56(50)38-52(48)57)40-21-18-26-43(35-40)60(41-22-8-4-9-23-41,42-24-10-5-11-25-42)44-33-34-55-49(36-44)46-28-13-16-31-53(46)58(55)39-19-6-3-7-20-39/h3-38H,1-2H3. The zero-order valence-corrected chi connectivity index (χ0v) is 34.7. The molecule has 0 amide bonds. The number of para-hydroxylation sites is 3. The molecule has 0 unspecified atom stereocenters. The highest BCUT2D eigenvalue weighted by atomic mass is 28.3. The number of hydrogen-bond donors (Lipinski definition) is 0. The second-order valence-electron chi connectivity index (χ2n) is 16.9. The van der Waals surface area contributed by atoms with Gasteiger partial charge in [-0.3, -0.25) is 0 Å². The lowest BCUT2D eigenvalue weighted by molar-refractivity contribution is 0.661. The quantitative estimate of drug-likeness (QED) is 0.117. The Kier molecular flexibility index (Phi) is 7.63. The van der Waals surface area contributed by atoms with E-state index in [4.69, 9.17) is 0 Å². The smallest absolute Gasteiger partial charge is 0.179 e. The number of hydrogen-bond acceptors (Lipinski definition) is 0. The molecule has 9 aromatic carbocycles. The van der Waals surface area contributed by atoms with E-state index in [1.54, 1.807) is 0 Å². The molecule has 0 radical (unpaired) electrons. The highest BCUT2D eigenvalue weighted by Crippen LogP contribution is 2.51. The molecule has 60 heavy (non-hydrogen) atoms. The molecule has 2 aromatic heterocycles. The first-order chi connectivity index (χ1) is 29.5. The fraction of sp³-hybridized carbons (Fsp3) is 0.0526. The average Bonchev–Trinajstić information content (AvgIpc) is 3.90. The second-order valence-corrected chi connectivity index (χ2v) is 20.7. The highest BCUT2D eigenvalue weighted by Gasteiger charge is 2.42. The van der Waals surface area contributed by atoms with Crippen LogP contribution in [0, 0.1) is 0 Å². The molecule has 0 saturated heterocycles. The van der Waals surface area contributed by atoms with Crippen molar-refractivity contribution in [1.82, 2.24) is 9.13 Å². The van der Waals surface area contributed by atoms with Gasteiger partial charge < -0.3 is 9.13 Å². The fourth-order valence-corrected chi connectivity index (χ4v) is 15.5. The Hall–Kier alpha value is -7.20. The van der Waals surface area contributed by atoms with E-state index < -0.39 is 8.07 Å². The Morgan fingerprint density at radius 1 is 0.317 bits per heavy atom. The van der Waals surface area contributed by atoms with E-state index in [2.05, 4.69) is 241 Å². The van der Waals surface area contributed by atoms with Gasteiger partial charge in [0.2, 0.25) is 0 Å². The molecule has 2 nitrogen and oxygen atoms in total. The van der Waals surface area contributed by atoms with Crippen LogP contribution in [0.15, 0.2) is 218 Å². The SMILES string of the molecule is CC1(C)c2ccccc2-c2cc3c4ccccc4n(-c4cccc([Si](c5ccccc5)(c5ccccc5)c5ccc6c(c5)c5ccccc5n6-c5ccccc5)c4)c3cc21. The molecule has 0 aliphatic heterocycles. The molecule has 12 rings (SSSR count). The summed E-state index contributed by atoms with van der Waals surface area (Å²) in [6.07, 6.45) is 0. The molecule has 0 N–H and O–H groups in total. The van der Waals surface area contributed by atoms with Gasteiger partial charge in [0, 0.05) is 38.3 Å². The Balaban J connectivity index is 1.15. The van der Waals surface area contributed by atoms with E-state index in [-0.39, 0.29) is 5.41 Å². The Labute approximate surface area is 351 Å². The van der Waals surface area contributed by atoms with Crippen LogP contribution in [0.5, 0.6) is 0 Å².